The summed E-state index contributed by atoms with van der Waals surface area (Å²) >= 11 is 3.72. The number of nitrogens with zero attached hydrogens (tertiary/aromatic N) is 2. The summed E-state index contributed by atoms with van der Waals surface area (Å²) in [6.45, 7) is 3.49. The highest BCUT2D eigenvalue weighted by Crippen LogP contribution is 2.33. The maximum Gasteiger partial charge on any atom is 0.0454 e. The van der Waals surface area contributed by atoms with Gasteiger partial charge in [0, 0.05) is 30.5 Å². The van der Waals surface area contributed by atoms with Crippen LogP contribution >= 0.6 is 15.9 Å². The summed E-state index contributed by atoms with van der Waals surface area (Å²) in [6, 6.07) is 1.52. The zero-order valence-corrected chi connectivity index (χ0v) is 9.42. The van der Waals surface area contributed by atoms with Crippen molar-refractivity contribution in [3.63, 3.8) is 0 Å². The van der Waals surface area contributed by atoms with Crippen LogP contribution in [0, 0.1) is 0 Å². The fraction of sp³-hybridized carbons (Fsp3) is 1.00. The monoisotopic (exact) mass is 232 g/mol. The van der Waals surface area contributed by atoms with E-state index in [4.69, 9.17) is 0 Å². The van der Waals surface area contributed by atoms with Gasteiger partial charge in [-0.25, -0.2) is 10.0 Å². The van der Waals surface area contributed by atoms with Crippen molar-refractivity contribution in [1.29, 1.82) is 0 Å². The third kappa shape index (κ3) is 1.32. The van der Waals surface area contributed by atoms with Gasteiger partial charge in [-0.2, -0.15) is 0 Å². The standard InChI is InChI=1S/C9H17BrN2/c1-7-9(10)6-11(2)12(7)8-4-3-5-8/h7-9H,3-6H2,1-2H3. The summed E-state index contributed by atoms with van der Waals surface area (Å²) in [6.07, 6.45) is 4.22. The van der Waals surface area contributed by atoms with Crippen LogP contribution in [0.15, 0.2) is 0 Å². The van der Waals surface area contributed by atoms with Crippen LogP contribution in [0.25, 0.3) is 0 Å². The molecule has 1 saturated heterocycles. The predicted octanol–water partition coefficient (Wildman–Crippen LogP) is 1.85. The van der Waals surface area contributed by atoms with Crippen molar-refractivity contribution in [1.82, 2.24) is 10.0 Å². The Kier molecular flexibility index (Phi) is 2.45. The molecule has 0 aromatic carbocycles. The quantitative estimate of drug-likeness (QED) is 0.638. The van der Waals surface area contributed by atoms with Crippen LogP contribution in [0.2, 0.25) is 0 Å². The molecular weight excluding hydrogens is 216 g/mol. The van der Waals surface area contributed by atoms with Gasteiger partial charge >= 0.3 is 0 Å². The Balaban J connectivity index is 2.02. The SMILES string of the molecule is CC1C(Br)CN(C)N1C1CCC1. The van der Waals surface area contributed by atoms with Gasteiger partial charge in [0.15, 0.2) is 0 Å². The van der Waals surface area contributed by atoms with Crippen molar-refractivity contribution in [3.8, 4) is 0 Å². The van der Waals surface area contributed by atoms with Crippen molar-refractivity contribution < 1.29 is 0 Å². The number of halogens is 1. The Morgan fingerprint density at radius 2 is 2.00 bits per heavy atom. The second-order valence-electron chi connectivity index (χ2n) is 4.06. The summed E-state index contributed by atoms with van der Waals surface area (Å²) in [5.41, 5.74) is 0. The van der Waals surface area contributed by atoms with Gasteiger partial charge in [0.25, 0.3) is 0 Å². The predicted molar refractivity (Wildman–Crippen MR) is 54.3 cm³/mol. The first-order valence-electron chi connectivity index (χ1n) is 4.83. The summed E-state index contributed by atoms with van der Waals surface area (Å²) in [7, 11) is 2.20. The molecule has 1 aliphatic carbocycles. The van der Waals surface area contributed by atoms with Gasteiger partial charge in [0.05, 0.1) is 0 Å². The van der Waals surface area contributed by atoms with Crippen LogP contribution in [0.3, 0.4) is 0 Å². The molecule has 2 fully saturated rings. The van der Waals surface area contributed by atoms with E-state index in [1.165, 1.54) is 19.3 Å². The molecule has 2 aliphatic rings. The van der Waals surface area contributed by atoms with E-state index in [0.717, 1.165) is 12.6 Å². The molecule has 2 atom stereocenters. The second kappa shape index (κ2) is 3.28. The van der Waals surface area contributed by atoms with Gasteiger partial charge in [0.1, 0.15) is 0 Å². The molecule has 2 nitrogen and oxygen atoms in total. The van der Waals surface area contributed by atoms with Gasteiger partial charge in [-0.1, -0.05) is 22.4 Å². The molecule has 0 aromatic heterocycles. The zero-order valence-electron chi connectivity index (χ0n) is 7.83. The van der Waals surface area contributed by atoms with Gasteiger partial charge in [-0.15, -0.1) is 0 Å². The molecule has 0 spiro atoms. The van der Waals surface area contributed by atoms with Crippen LogP contribution in [-0.4, -0.2) is 40.5 Å². The lowest BCUT2D eigenvalue weighted by Crippen LogP contribution is -2.48. The average molecular weight is 233 g/mol. The van der Waals surface area contributed by atoms with Gasteiger partial charge in [-0.3, -0.25) is 0 Å². The molecule has 3 heteroatoms. The minimum Gasteiger partial charge on any atom is -0.243 e. The van der Waals surface area contributed by atoms with Crippen LogP contribution in [0.1, 0.15) is 26.2 Å². The molecule has 0 amide bonds. The fourth-order valence-electron chi connectivity index (χ4n) is 2.24. The minimum atomic E-state index is 0.656. The lowest BCUT2D eigenvalue weighted by Gasteiger charge is -2.41. The third-order valence-electron chi connectivity index (χ3n) is 3.22. The van der Waals surface area contributed by atoms with E-state index in [2.05, 4.69) is 39.9 Å². The normalized spacial score (nSPS) is 40.2. The molecule has 0 N–H and O–H groups in total. The summed E-state index contributed by atoms with van der Waals surface area (Å²) in [4.78, 5) is 0.656. The summed E-state index contributed by atoms with van der Waals surface area (Å²) < 4.78 is 0. The Labute approximate surface area is 83.0 Å². The summed E-state index contributed by atoms with van der Waals surface area (Å²) in [5, 5.41) is 4.94. The molecule has 0 radical (unpaired) electrons. The lowest BCUT2D eigenvalue weighted by molar-refractivity contribution is -0.0464. The molecule has 1 aliphatic heterocycles. The Bertz CT molecular complexity index is 168. The summed E-state index contributed by atoms with van der Waals surface area (Å²) in [5.74, 6) is 0. The topological polar surface area (TPSA) is 6.48 Å². The molecule has 2 rings (SSSR count). The molecule has 70 valence electrons. The highest BCUT2D eigenvalue weighted by atomic mass is 79.9. The number of hydrogen-bond acceptors (Lipinski definition) is 2. The van der Waals surface area contributed by atoms with Crippen molar-refractivity contribution >= 4 is 15.9 Å². The van der Waals surface area contributed by atoms with E-state index < -0.39 is 0 Å². The van der Waals surface area contributed by atoms with Crippen LogP contribution < -0.4 is 0 Å². The van der Waals surface area contributed by atoms with Gasteiger partial charge in [0.2, 0.25) is 0 Å². The largest absolute Gasteiger partial charge is 0.243 e. The van der Waals surface area contributed by atoms with Crippen LogP contribution in [0.4, 0.5) is 0 Å². The molecule has 1 saturated carbocycles. The maximum absolute atomic E-state index is 3.72. The highest BCUT2D eigenvalue weighted by molar-refractivity contribution is 9.09. The maximum atomic E-state index is 3.72. The number of hydrazine groups is 1. The smallest absolute Gasteiger partial charge is 0.0454 e. The lowest BCUT2D eigenvalue weighted by atomic mass is 9.92. The number of rotatable bonds is 1. The molecule has 0 aromatic rings. The number of alkyl halides is 1. The van der Waals surface area contributed by atoms with E-state index in [1.807, 2.05) is 0 Å². The van der Waals surface area contributed by atoms with Gasteiger partial charge < -0.3 is 0 Å². The molecule has 1 heterocycles. The first-order valence-corrected chi connectivity index (χ1v) is 5.75. The van der Waals surface area contributed by atoms with E-state index in [-0.39, 0.29) is 0 Å². The first kappa shape index (κ1) is 8.97. The Morgan fingerprint density at radius 1 is 1.33 bits per heavy atom. The third-order valence-corrected chi connectivity index (χ3v) is 4.28. The average Bonchev–Trinajstić information content (AvgIpc) is 2.13. The fourth-order valence-corrected chi connectivity index (χ4v) is 2.90. The number of hydrogen-bond donors (Lipinski definition) is 0. The Hall–Kier alpha value is 0.400. The van der Waals surface area contributed by atoms with Crippen molar-refractivity contribution in [2.24, 2.45) is 0 Å². The van der Waals surface area contributed by atoms with Crippen LogP contribution in [0.5, 0.6) is 0 Å². The van der Waals surface area contributed by atoms with Gasteiger partial charge in [-0.05, 0) is 19.8 Å². The van der Waals surface area contributed by atoms with Crippen molar-refractivity contribution in [3.05, 3.63) is 0 Å². The van der Waals surface area contributed by atoms with E-state index in [0.29, 0.717) is 10.9 Å². The molecule has 0 bridgehead atoms. The second-order valence-corrected chi connectivity index (χ2v) is 5.24. The highest BCUT2D eigenvalue weighted by Gasteiger charge is 2.39. The first-order chi connectivity index (χ1) is 5.70. The Morgan fingerprint density at radius 3 is 2.33 bits per heavy atom. The van der Waals surface area contributed by atoms with Crippen molar-refractivity contribution in [2.45, 2.75) is 43.1 Å². The van der Waals surface area contributed by atoms with E-state index in [9.17, 15) is 0 Å². The molecule has 2 unspecified atom stereocenters. The van der Waals surface area contributed by atoms with Crippen LogP contribution in [-0.2, 0) is 0 Å². The molecular formula is C9H17BrN2. The van der Waals surface area contributed by atoms with Crippen molar-refractivity contribution in [2.75, 3.05) is 13.6 Å². The minimum absolute atomic E-state index is 0.656. The van der Waals surface area contributed by atoms with E-state index in [1.54, 1.807) is 0 Å². The molecule has 12 heavy (non-hydrogen) atoms. The van der Waals surface area contributed by atoms with E-state index >= 15 is 0 Å². The zero-order chi connectivity index (χ0) is 8.72.